The number of benzene rings is 1. The summed E-state index contributed by atoms with van der Waals surface area (Å²) in [5, 5.41) is 14.5. The molecule has 2 aromatic rings. The van der Waals surface area contributed by atoms with Crippen LogP contribution in [0.1, 0.15) is 54.5 Å². The largest absolute Gasteiger partial charge is 0.508 e. The molecule has 3 N–H and O–H groups in total. The standard InChI is InChI=1S/C25H34N4O7/c1-15-20(21(31)29-19(22(32)34-6)14-26-24(33)36-25(3,4)5)16(2)28-23(27-15)35-12-8-10-17-9-7-11-18(30)13-17/h7,9,11,13,19,30H,8,10,12,14H2,1-6H3,(H,26,33)(H,29,31). The summed E-state index contributed by atoms with van der Waals surface area (Å²) < 4.78 is 15.5. The summed E-state index contributed by atoms with van der Waals surface area (Å²) in [6, 6.07) is 5.99. The van der Waals surface area contributed by atoms with Crippen LogP contribution in [0.25, 0.3) is 0 Å². The minimum absolute atomic E-state index is 0.133. The highest BCUT2D eigenvalue weighted by Gasteiger charge is 2.26. The van der Waals surface area contributed by atoms with E-state index >= 15 is 0 Å². The van der Waals surface area contributed by atoms with Crippen LogP contribution in [0.15, 0.2) is 24.3 Å². The van der Waals surface area contributed by atoms with Crippen LogP contribution in [0.3, 0.4) is 0 Å². The van der Waals surface area contributed by atoms with Crippen LogP contribution in [0.5, 0.6) is 11.8 Å². The van der Waals surface area contributed by atoms with E-state index in [1.165, 1.54) is 7.11 Å². The van der Waals surface area contributed by atoms with Gasteiger partial charge in [-0.15, -0.1) is 0 Å². The van der Waals surface area contributed by atoms with Gasteiger partial charge in [-0.25, -0.2) is 9.59 Å². The number of aromatic hydroxyl groups is 1. The van der Waals surface area contributed by atoms with Crippen LogP contribution in [-0.2, 0) is 20.7 Å². The number of carbonyl (C=O) groups is 3. The highest BCUT2D eigenvalue weighted by molar-refractivity contribution is 5.98. The first-order chi connectivity index (χ1) is 16.9. The van der Waals surface area contributed by atoms with Gasteiger partial charge in [-0.05, 0) is 65.2 Å². The van der Waals surface area contributed by atoms with Gasteiger partial charge in [0.05, 0.1) is 37.2 Å². The van der Waals surface area contributed by atoms with E-state index in [1.807, 2.05) is 6.07 Å². The second-order valence-electron chi connectivity index (χ2n) is 9.11. The zero-order chi connectivity index (χ0) is 26.9. The van der Waals surface area contributed by atoms with Gasteiger partial charge in [0.25, 0.3) is 5.91 Å². The first kappa shape index (κ1) is 28.3. The van der Waals surface area contributed by atoms with Gasteiger partial charge in [-0.1, -0.05) is 12.1 Å². The number of carbonyl (C=O) groups excluding carboxylic acids is 3. The number of aromatic nitrogens is 2. The Balaban J connectivity index is 1.99. The van der Waals surface area contributed by atoms with Crippen LogP contribution in [0.4, 0.5) is 4.79 Å². The second-order valence-corrected chi connectivity index (χ2v) is 9.11. The first-order valence-electron chi connectivity index (χ1n) is 11.5. The highest BCUT2D eigenvalue weighted by atomic mass is 16.6. The van der Waals surface area contributed by atoms with Crippen molar-refractivity contribution >= 4 is 18.0 Å². The maximum Gasteiger partial charge on any atom is 0.407 e. The summed E-state index contributed by atoms with van der Waals surface area (Å²) in [7, 11) is 1.18. The number of nitrogens with zero attached hydrogens (tertiary/aromatic N) is 2. The molecule has 1 heterocycles. The Kier molecular flexibility index (Phi) is 10.0. The molecule has 196 valence electrons. The summed E-state index contributed by atoms with van der Waals surface area (Å²) in [5.41, 5.74) is 1.19. The maximum absolute atomic E-state index is 12.9. The van der Waals surface area contributed by atoms with E-state index in [9.17, 15) is 19.5 Å². The fraction of sp³-hybridized carbons (Fsp3) is 0.480. The number of esters is 1. The SMILES string of the molecule is COC(=O)C(CNC(=O)OC(C)(C)C)NC(=O)c1c(C)nc(OCCCc2cccc(O)c2)nc1C. The Morgan fingerprint density at radius 3 is 2.36 bits per heavy atom. The number of ether oxygens (including phenoxy) is 3. The van der Waals surface area contributed by atoms with Crippen molar-refractivity contribution in [3.05, 3.63) is 46.8 Å². The molecule has 1 atom stereocenters. The second kappa shape index (κ2) is 12.7. The van der Waals surface area contributed by atoms with Crippen molar-refractivity contribution in [3.63, 3.8) is 0 Å². The normalized spacial score (nSPS) is 11.8. The lowest BCUT2D eigenvalue weighted by Gasteiger charge is -2.22. The quantitative estimate of drug-likeness (QED) is 0.329. The third-order valence-electron chi connectivity index (χ3n) is 4.87. The number of hydrogen-bond donors (Lipinski definition) is 3. The third-order valence-corrected chi connectivity index (χ3v) is 4.87. The van der Waals surface area contributed by atoms with Crippen molar-refractivity contribution in [2.45, 2.75) is 59.1 Å². The molecule has 0 saturated heterocycles. The molecular weight excluding hydrogens is 468 g/mol. The van der Waals surface area contributed by atoms with E-state index in [2.05, 4.69) is 20.6 Å². The molecular formula is C25H34N4O7. The molecule has 1 unspecified atom stereocenters. The number of phenols is 1. The Morgan fingerprint density at radius 2 is 1.78 bits per heavy atom. The van der Waals surface area contributed by atoms with Crippen molar-refractivity contribution in [3.8, 4) is 11.8 Å². The number of methoxy groups -OCH3 is 1. The molecule has 11 heteroatoms. The maximum atomic E-state index is 12.9. The van der Waals surface area contributed by atoms with Gasteiger partial charge in [-0.2, -0.15) is 9.97 Å². The number of alkyl carbamates (subject to hydrolysis) is 1. The van der Waals surface area contributed by atoms with Gasteiger partial charge < -0.3 is 30.0 Å². The molecule has 1 aromatic carbocycles. The Hall–Kier alpha value is -3.89. The molecule has 0 saturated carbocycles. The molecule has 2 rings (SSSR count). The molecule has 0 aliphatic heterocycles. The van der Waals surface area contributed by atoms with Crippen molar-refractivity contribution in [2.75, 3.05) is 20.3 Å². The topological polar surface area (TPSA) is 149 Å². The molecule has 2 amide bonds. The summed E-state index contributed by atoms with van der Waals surface area (Å²) in [6.07, 6.45) is 0.657. The summed E-state index contributed by atoms with van der Waals surface area (Å²) >= 11 is 0. The predicted octanol–water partition coefficient (Wildman–Crippen LogP) is 2.61. The van der Waals surface area contributed by atoms with E-state index in [4.69, 9.17) is 14.2 Å². The Morgan fingerprint density at radius 1 is 1.11 bits per heavy atom. The number of amides is 2. The average molecular weight is 503 g/mol. The Bertz CT molecular complexity index is 1060. The molecule has 0 aliphatic carbocycles. The number of phenolic OH excluding ortho intramolecular Hbond substituents is 1. The van der Waals surface area contributed by atoms with Crippen molar-refractivity contribution < 1.29 is 33.7 Å². The van der Waals surface area contributed by atoms with Gasteiger partial charge >= 0.3 is 18.1 Å². The highest BCUT2D eigenvalue weighted by Crippen LogP contribution is 2.16. The smallest absolute Gasteiger partial charge is 0.407 e. The molecule has 0 fully saturated rings. The summed E-state index contributed by atoms with van der Waals surface area (Å²) in [6.45, 7) is 8.51. The first-order valence-corrected chi connectivity index (χ1v) is 11.5. The molecule has 0 aliphatic rings. The molecule has 1 aromatic heterocycles. The number of rotatable bonds is 10. The number of hydrogen-bond acceptors (Lipinski definition) is 9. The third kappa shape index (κ3) is 9.05. The van der Waals surface area contributed by atoms with Crippen LogP contribution < -0.4 is 15.4 Å². The van der Waals surface area contributed by atoms with Gasteiger partial charge in [0.1, 0.15) is 17.4 Å². The predicted molar refractivity (Wildman–Crippen MR) is 131 cm³/mol. The van der Waals surface area contributed by atoms with Crippen LogP contribution in [0.2, 0.25) is 0 Å². The zero-order valence-corrected chi connectivity index (χ0v) is 21.5. The van der Waals surface area contributed by atoms with Crippen LogP contribution in [0, 0.1) is 13.8 Å². The molecule has 0 spiro atoms. The Labute approximate surface area is 210 Å². The van der Waals surface area contributed by atoms with Gasteiger partial charge in [0.15, 0.2) is 0 Å². The van der Waals surface area contributed by atoms with E-state index in [-0.39, 0.29) is 23.9 Å². The lowest BCUT2D eigenvalue weighted by atomic mass is 10.1. The lowest BCUT2D eigenvalue weighted by Crippen LogP contribution is -2.49. The minimum atomic E-state index is -1.15. The molecule has 0 bridgehead atoms. The minimum Gasteiger partial charge on any atom is -0.508 e. The van der Waals surface area contributed by atoms with Crippen LogP contribution in [-0.4, -0.2) is 64.9 Å². The van der Waals surface area contributed by atoms with E-state index in [0.29, 0.717) is 30.8 Å². The van der Waals surface area contributed by atoms with E-state index < -0.39 is 29.6 Å². The fourth-order valence-electron chi connectivity index (χ4n) is 3.30. The fourth-order valence-corrected chi connectivity index (χ4v) is 3.30. The van der Waals surface area contributed by atoms with Gasteiger partial charge in [0.2, 0.25) is 0 Å². The van der Waals surface area contributed by atoms with E-state index in [1.54, 1.807) is 52.8 Å². The monoisotopic (exact) mass is 502 g/mol. The summed E-state index contributed by atoms with van der Waals surface area (Å²) in [5.74, 6) is -1.11. The number of nitrogens with one attached hydrogen (secondary N) is 2. The van der Waals surface area contributed by atoms with Crippen molar-refractivity contribution in [2.24, 2.45) is 0 Å². The lowest BCUT2D eigenvalue weighted by molar-refractivity contribution is -0.142. The molecule has 11 nitrogen and oxygen atoms in total. The van der Waals surface area contributed by atoms with Gasteiger partial charge in [0, 0.05) is 0 Å². The molecule has 36 heavy (non-hydrogen) atoms. The van der Waals surface area contributed by atoms with Gasteiger partial charge in [-0.3, -0.25) is 4.79 Å². The summed E-state index contributed by atoms with van der Waals surface area (Å²) in [4.78, 5) is 45.6. The van der Waals surface area contributed by atoms with Crippen molar-refractivity contribution in [1.29, 1.82) is 0 Å². The zero-order valence-electron chi connectivity index (χ0n) is 21.5. The number of aryl methyl sites for hydroxylation is 3. The average Bonchev–Trinajstić information content (AvgIpc) is 2.77. The van der Waals surface area contributed by atoms with Crippen molar-refractivity contribution in [1.82, 2.24) is 20.6 Å². The van der Waals surface area contributed by atoms with Crippen LogP contribution >= 0.6 is 0 Å². The molecule has 0 radical (unpaired) electrons. The van der Waals surface area contributed by atoms with E-state index in [0.717, 1.165) is 5.56 Å².